The van der Waals surface area contributed by atoms with Gasteiger partial charge in [0.25, 0.3) is 0 Å². The van der Waals surface area contributed by atoms with Crippen molar-refractivity contribution in [3.05, 3.63) is 83.1 Å². The van der Waals surface area contributed by atoms with Gasteiger partial charge in [0.15, 0.2) is 5.78 Å². The zero-order valence-corrected chi connectivity index (χ0v) is 12.9. The second-order valence-electron chi connectivity index (χ2n) is 5.97. The van der Waals surface area contributed by atoms with Gasteiger partial charge in [-0.25, -0.2) is 0 Å². The lowest BCUT2D eigenvalue weighted by Crippen LogP contribution is -2.20. The lowest BCUT2D eigenvalue weighted by molar-refractivity contribution is -0.114. The van der Waals surface area contributed by atoms with Crippen molar-refractivity contribution in [1.29, 1.82) is 0 Å². The summed E-state index contributed by atoms with van der Waals surface area (Å²) in [6.07, 6.45) is 6.39. The van der Waals surface area contributed by atoms with Crippen LogP contribution in [0.1, 0.15) is 42.1 Å². The first-order valence-corrected chi connectivity index (χ1v) is 8.08. The summed E-state index contributed by atoms with van der Waals surface area (Å²) in [6, 6.07) is 18.3. The van der Waals surface area contributed by atoms with E-state index in [-0.39, 0.29) is 11.9 Å². The van der Waals surface area contributed by atoms with Crippen molar-refractivity contribution >= 4 is 17.4 Å². The SMILES string of the molecule is O=C1CCCC2=C1c1ccccc1C(/C=C/c1ccccc1)O2. The molecule has 0 bridgehead atoms. The fraction of sp³-hybridized carbons (Fsp3) is 0.190. The first kappa shape index (κ1) is 14.0. The van der Waals surface area contributed by atoms with Gasteiger partial charge >= 0.3 is 0 Å². The summed E-state index contributed by atoms with van der Waals surface area (Å²) in [5.41, 5.74) is 4.07. The molecular weight excluding hydrogens is 284 g/mol. The highest BCUT2D eigenvalue weighted by molar-refractivity contribution is 6.22. The van der Waals surface area contributed by atoms with Gasteiger partial charge in [0.1, 0.15) is 11.9 Å². The average molecular weight is 302 g/mol. The Hall–Kier alpha value is -2.61. The number of Topliss-reactive ketones (excluding diaryl/α,β-unsaturated/α-hetero) is 1. The van der Waals surface area contributed by atoms with Crippen LogP contribution in [0.2, 0.25) is 0 Å². The van der Waals surface area contributed by atoms with Crippen molar-refractivity contribution < 1.29 is 9.53 Å². The molecule has 2 nitrogen and oxygen atoms in total. The van der Waals surface area contributed by atoms with Crippen LogP contribution in [-0.4, -0.2) is 5.78 Å². The van der Waals surface area contributed by atoms with Crippen molar-refractivity contribution in [1.82, 2.24) is 0 Å². The zero-order valence-electron chi connectivity index (χ0n) is 12.9. The number of ether oxygens (including phenoxy) is 1. The third-order valence-electron chi connectivity index (χ3n) is 4.43. The Morgan fingerprint density at radius 1 is 0.957 bits per heavy atom. The number of allylic oxidation sites excluding steroid dienone is 2. The smallest absolute Gasteiger partial charge is 0.166 e. The number of ketones is 1. The van der Waals surface area contributed by atoms with Crippen molar-refractivity contribution in [2.75, 3.05) is 0 Å². The molecule has 0 radical (unpaired) electrons. The van der Waals surface area contributed by atoms with Crippen molar-refractivity contribution in [3.63, 3.8) is 0 Å². The van der Waals surface area contributed by atoms with Crippen LogP contribution < -0.4 is 0 Å². The zero-order chi connectivity index (χ0) is 15.6. The van der Waals surface area contributed by atoms with Gasteiger partial charge in [0, 0.05) is 18.4 Å². The predicted octanol–water partition coefficient (Wildman–Crippen LogP) is 4.94. The van der Waals surface area contributed by atoms with Crippen LogP contribution in [-0.2, 0) is 9.53 Å². The van der Waals surface area contributed by atoms with E-state index in [1.807, 2.05) is 36.4 Å². The minimum atomic E-state index is -0.129. The third-order valence-corrected chi connectivity index (χ3v) is 4.43. The maximum Gasteiger partial charge on any atom is 0.166 e. The minimum absolute atomic E-state index is 0.129. The largest absolute Gasteiger partial charge is 0.485 e. The molecule has 1 unspecified atom stereocenters. The van der Waals surface area contributed by atoms with Crippen LogP contribution in [0.25, 0.3) is 11.6 Å². The number of hydrogen-bond acceptors (Lipinski definition) is 2. The van der Waals surface area contributed by atoms with Crippen LogP contribution in [0.5, 0.6) is 0 Å². The molecule has 2 aromatic carbocycles. The van der Waals surface area contributed by atoms with E-state index in [2.05, 4.69) is 30.4 Å². The molecule has 1 heterocycles. The first-order valence-electron chi connectivity index (χ1n) is 8.08. The van der Waals surface area contributed by atoms with Crippen molar-refractivity contribution in [2.24, 2.45) is 0 Å². The molecule has 0 aromatic heterocycles. The summed E-state index contributed by atoms with van der Waals surface area (Å²) in [7, 11) is 0. The van der Waals surface area contributed by atoms with Crippen molar-refractivity contribution in [3.8, 4) is 0 Å². The van der Waals surface area contributed by atoms with E-state index < -0.39 is 0 Å². The highest BCUT2D eigenvalue weighted by Gasteiger charge is 2.32. The number of hydrogen-bond donors (Lipinski definition) is 0. The van der Waals surface area contributed by atoms with Crippen LogP contribution in [0.3, 0.4) is 0 Å². The van der Waals surface area contributed by atoms with Crippen LogP contribution >= 0.6 is 0 Å². The van der Waals surface area contributed by atoms with Crippen LogP contribution in [0, 0.1) is 0 Å². The molecule has 4 rings (SSSR count). The van der Waals surface area contributed by atoms with E-state index >= 15 is 0 Å². The fourth-order valence-electron chi connectivity index (χ4n) is 3.33. The second kappa shape index (κ2) is 5.88. The summed E-state index contributed by atoms with van der Waals surface area (Å²) in [6.45, 7) is 0. The molecule has 114 valence electrons. The standard InChI is InChI=1S/C21H18O2/c22-18-11-6-12-20-21(18)17-10-5-4-9-16(17)19(23-20)14-13-15-7-2-1-3-8-15/h1-5,7-10,13-14,19H,6,11-12H2/b14-13+. The maximum absolute atomic E-state index is 12.3. The normalized spacial score (nSPS) is 20.2. The lowest BCUT2D eigenvalue weighted by atomic mass is 9.85. The summed E-state index contributed by atoms with van der Waals surface area (Å²) >= 11 is 0. The highest BCUT2D eigenvalue weighted by Crippen LogP contribution is 2.42. The Bertz CT molecular complexity index is 800. The van der Waals surface area contributed by atoms with E-state index in [1.54, 1.807) is 0 Å². The quantitative estimate of drug-likeness (QED) is 0.785. The van der Waals surface area contributed by atoms with E-state index in [1.165, 1.54) is 0 Å². The van der Waals surface area contributed by atoms with E-state index in [0.29, 0.717) is 6.42 Å². The molecule has 2 aliphatic rings. The molecule has 1 atom stereocenters. The third kappa shape index (κ3) is 2.61. The lowest BCUT2D eigenvalue weighted by Gasteiger charge is -2.31. The molecule has 2 aromatic rings. The molecule has 23 heavy (non-hydrogen) atoms. The maximum atomic E-state index is 12.3. The Labute approximate surface area is 136 Å². The summed E-state index contributed by atoms with van der Waals surface area (Å²) < 4.78 is 6.18. The molecule has 0 fully saturated rings. The molecule has 1 aliphatic carbocycles. The predicted molar refractivity (Wildman–Crippen MR) is 91.5 cm³/mol. The van der Waals surface area contributed by atoms with Gasteiger partial charge in [-0.2, -0.15) is 0 Å². The molecule has 0 saturated carbocycles. The van der Waals surface area contributed by atoms with Gasteiger partial charge < -0.3 is 4.74 Å². The Balaban J connectivity index is 1.73. The summed E-state index contributed by atoms with van der Waals surface area (Å²) in [4.78, 5) is 12.3. The summed E-state index contributed by atoms with van der Waals surface area (Å²) in [5, 5.41) is 0. The summed E-state index contributed by atoms with van der Waals surface area (Å²) in [5.74, 6) is 1.08. The van der Waals surface area contributed by atoms with E-state index in [4.69, 9.17) is 4.74 Å². The van der Waals surface area contributed by atoms with Gasteiger partial charge in [0.2, 0.25) is 0 Å². The van der Waals surface area contributed by atoms with Gasteiger partial charge in [-0.3, -0.25) is 4.79 Å². The van der Waals surface area contributed by atoms with Crippen molar-refractivity contribution in [2.45, 2.75) is 25.4 Å². The van der Waals surface area contributed by atoms with E-state index in [0.717, 1.165) is 40.9 Å². The minimum Gasteiger partial charge on any atom is -0.485 e. The fourth-order valence-corrected chi connectivity index (χ4v) is 3.33. The first-order chi connectivity index (χ1) is 11.3. The molecule has 0 amide bonds. The number of fused-ring (bicyclic) bond motifs is 2. The van der Waals surface area contributed by atoms with Gasteiger partial charge in [-0.15, -0.1) is 0 Å². The molecule has 1 aliphatic heterocycles. The molecule has 0 saturated heterocycles. The van der Waals surface area contributed by atoms with Gasteiger partial charge in [-0.05, 0) is 23.6 Å². The van der Waals surface area contributed by atoms with Gasteiger partial charge in [-0.1, -0.05) is 60.7 Å². The molecule has 0 spiro atoms. The Morgan fingerprint density at radius 2 is 1.74 bits per heavy atom. The monoisotopic (exact) mass is 302 g/mol. The number of benzene rings is 2. The topological polar surface area (TPSA) is 26.3 Å². The van der Waals surface area contributed by atoms with Crippen LogP contribution in [0.4, 0.5) is 0 Å². The highest BCUT2D eigenvalue weighted by atomic mass is 16.5. The van der Waals surface area contributed by atoms with Gasteiger partial charge in [0.05, 0.1) is 5.57 Å². The molecule has 2 heteroatoms. The van der Waals surface area contributed by atoms with E-state index in [9.17, 15) is 4.79 Å². The number of carbonyl (C=O) groups is 1. The van der Waals surface area contributed by atoms with Crippen LogP contribution in [0.15, 0.2) is 66.4 Å². The number of rotatable bonds is 2. The molecule has 0 N–H and O–H groups in total. The second-order valence-corrected chi connectivity index (χ2v) is 5.97. The molecular formula is C21H18O2. The average Bonchev–Trinajstić information content (AvgIpc) is 2.60. The number of carbonyl (C=O) groups excluding carboxylic acids is 1. The Kier molecular flexibility index (Phi) is 3.58. The Morgan fingerprint density at radius 3 is 2.61 bits per heavy atom.